The molecule has 0 spiro atoms. The van der Waals surface area contributed by atoms with Gasteiger partial charge >= 0.3 is 0 Å². The van der Waals surface area contributed by atoms with Gasteiger partial charge in [0, 0.05) is 29.2 Å². The number of Topliss-reactive ketones (excluding diaryl/α,β-unsaturated/α-hetero) is 1. The van der Waals surface area contributed by atoms with Crippen molar-refractivity contribution in [3.8, 4) is 11.8 Å². The smallest absolute Gasteiger partial charge is 0.166 e. The Morgan fingerprint density at radius 2 is 2.00 bits per heavy atom. The monoisotopic (exact) mass is 266 g/mol. The van der Waals surface area contributed by atoms with Gasteiger partial charge in [-0.2, -0.15) is 10.2 Å². The zero-order valence-electron chi connectivity index (χ0n) is 12.1. The summed E-state index contributed by atoms with van der Waals surface area (Å²) in [7, 11) is 0. The van der Waals surface area contributed by atoms with E-state index in [9.17, 15) is 4.79 Å². The molecule has 0 radical (unpaired) electrons. The maximum atomic E-state index is 12.2. The van der Waals surface area contributed by atoms with E-state index in [0.29, 0.717) is 18.4 Å². The number of carbonyl (C=O) groups excluding carboxylic acids is 1. The first-order valence-electron chi connectivity index (χ1n) is 6.71. The number of hydrogen-bond acceptors (Lipinski definition) is 3. The molecule has 1 aromatic heterocycles. The van der Waals surface area contributed by atoms with Gasteiger partial charge in [-0.15, -0.1) is 5.92 Å². The van der Waals surface area contributed by atoms with Crippen LogP contribution >= 0.6 is 0 Å². The lowest BCUT2D eigenvalue weighted by molar-refractivity contribution is 0.0985. The number of carbonyl (C=O) groups is 1. The van der Waals surface area contributed by atoms with Crippen molar-refractivity contribution in [3.05, 3.63) is 36.0 Å². The number of aromatic nitrogens is 2. The van der Waals surface area contributed by atoms with Crippen LogP contribution in [0.1, 0.15) is 44.0 Å². The van der Waals surface area contributed by atoms with E-state index in [1.165, 1.54) is 0 Å². The van der Waals surface area contributed by atoms with Crippen molar-refractivity contribution in [2.45, 2.75) is 33.6 Å². The molecule has 102 valence electrons. The molecule has 1 aromatic carbocycles. The van der Waals surface area contributed by atoms with E-state index in [0.717, 1.165) is 10.9 Å². The van der Waals surface area contributed by atoms with Gasteiger partial charge < -0.3 is 0 Å². The van der Waals surface area contributed by atoms with Gasteiger partial charge in [-0.3, -0.25) is 4.79 Å². The number of nitrogens with zero attached hydrogens (tertiary/aromatic N) is 2. The standard InChI is InChI=1S/C17H18N2O/c1-17(2,3)11-7-6-10-16(20)14-12-18-19-15-9-5-4-8-13(14)15/h4-5,8-9,12H,6,10H2,1-3H3. The van der Waals surface area contributed by atoms with E-state index < -0.39 is 0 Å². The van der Waals surface area contributed by atoms with Crippen molar-refractivity contribution in [2.75, 3.05) is 0 Å². The van der Waals surface area contributed by atoms with Gasteiger partial charge in [0.2, 0.25) is 0 Å². The van der Waals surface area contributed by atoms with Gasteiger partial charge in [-0.1, -0.05) is 24.1 Å². The molecule has 0 aliphatic rings. The number of rotatable bonds is 3. The van der Waals surface area contributed by atoms with Crippen LogP contribution in [0.25, 0.3) is 10.9 Å². The van der Waals surface area contributed by atoms with Crippen molar-refractivity contribution in [1.82, 2.24) is 10.2 Å². The number of benzene rings is 1. The van der Waals surface area contributed by atoms with Crippen LogP contribution < -0.4 is 0 Å². The highest BCUT2D eigenvalue weighted by atomic mass is 16.1. The van der Waals surface area contributed by atoms with Crippen molar-refractivity contribution in [2.24, 2.45) is 5.41 Å². The van der Waals surface area contributed by atoms with Crippen LogP contribution in [0.15, 0.2) is 30.5 Å². The molecule has 3 nitrogen and oxygen atoms in total. The Hall–Kier alpha value is -2.21. The van der Waals surface area contributed by atoms with E-state index in [-0.39, 0.29) is 11.2 Å². The summed E-state index contributed by atoms with van der Waals surface area (Å²) in [5.74, 6) is 6.27. The summed E-state index contributed by atoms with van der Waals surface area (Å²) in [6.45, 7) is 6.17. The van der Waals surface area contributed by atoms with Crippen molar-refractivity contribution in [3.63, 3.8) is 0 Å². The first kappa shape index (κ1) is 14.2. The lowest BCUT2D eigenvalue weighted by Crippen LogP contribution is -2.02. The van der Waals surface area contributed by atoms with E-state index in [4.69, 9.17) is 0 Å². The van der Waals surface area contributed by atoms with Crippen LogP contribution in [0.5, 0.6) is 0 Å². The lowest BCUT2D eigenvalue weighted by atomic mass is 9.97. The molecule has 0 saturated carbocycles. The Morgan fingerprint density at radius 1 is 1.25 bits per heavy atom. The summed E-state index contributed by atoms with van der Waals surface area (Å²) in [6.07, 6.45) is 2.54. The summed E-state index contributed by atoms with van der Waals surface area (Å²) in [5, 5.41) is 8.78. The van der Waals surface area contributed by atoms with Crippen LogP contribution in [0, 0.1) is 17.3 Å². The summed E-state index contributed by atoms with van der Waals surface area (Å²) in [6, 6.07) is 7.55. The van der Waals surface area contributed by atoms with Gasteiger partial charge in [0.1, 0.15) is 0 Å². The van der Waals surface area contributed by atoms with Crippen LogP contribution in [0.2, 0.25) is 0 Å². The Labute approximate surface area is 119 Å². The topological polar surface area (TPSA) is 42.9 Å². The predicted molar refractivity (Wildman–Crippen MR) is 80.3 cm³/mol. The minimum atomic E-state index is -0.0199. The maximum absolute atomic E-state index is 12.2. The molecule has 2 aromatic rings. The number of fused-ring (bicyclic) bond motifs is 1. The van der Waals surface area contributed by atoms with Crippen LogP contribution in [-0.4, -0.2) is 16.0 Å². The van der Waals surface area contributed by atoms with Gasteiger partial charge in [-0.05, 0) is 26.8 Å². The maximum Gasteiger partial charge on any atom is 0.166 e. The van der Waals surface area contributed by atoms with E-state index in [1.54, 1.807) is 6.20 Å². The summed E-state index contributed by atoms with van der Waals surface area (Å²) >= 11 is 0. The quantitative estimate of drug-likeness (QED) is 0.629. The molecule has 1 heterocycles. The molecule has 0 amide bonds. The lowest BCUT2D eigenvalue weighted by Gasteiger charge is -2.06. The van der Waals surface area contributed by atoms with Crippen LogP contribution in [0.4, 0.5) is 0 Å². The zero-order chi connectivity index (χ0) is 14.6. The molecule has 2 rings (SSSR count). The first-order chi connectivity index (χ1) is 9.47. The minimum absolute atomic E-state index is 0.0199. The van der Waals surface area contributed by atoms with Gasteiger partial charge in [0.05, 0.1) is 11.7 Å². The first-order valence-corrected chi connectivity index (χ1v) is 6.71. The largest absolute Gasteiger partial charge is 0.294 e. The second-order valence-corrected chi connectivity index (χ2v) is 5.75. The van der Waals surface area contributed by atoms with Crippen molar-refractivity contribution >= 4 is 16.7 Å². The fourth-order valence-electron chi connectivity index (χ4n) is 1.87. The van der Waals surface area contributed by atoms with E-state index in [2.05, 4.69) is 42.8 Å². The predicted octanol–water partition coefficient (Wildman–Crippen LogP) is 3.64. The van der Waals surface area contributed by atoms with Crippen molar-refractivity contribution < 1.29 is 4.79 Å². The molecule has 3 heteroatoms. The Bertz CT molecular complexity index is 682. The fourth-order valence-corrected chi connectivity index (χ4v) is 1.87. The van der Waals surface area contributed by atoms with Crippen LogP contribution in [0.3, 0.4) is 0 Å². The average Bonchev–Trinajstić information content (AvgIpc) is 2.41. The fraction of sp³-hybridized carbons (Fsp3) is 0.353. The number of hydrogen-bond donors (Lipinski definition) is 0. The Morgan fingerprint density at radius 3 is 2.75 bits per heavy atom. The number of ketones is 1. The molecule has 20 heavy (non-hydrogen) atoms. The third kappa shape index (κ3) is 3.64. The molecule has 0 unspecified atom stereocenters. The highest BCUT2D eigenvalue weighted by Crippen LogP contribution is 2.17. The highest BCUT2D eigenvalue weighted by molar-refractivity contribution is 6.06. The van der Waals surface area contributed by atoms with E-state index in [1.807, 2.05) is 24.3 Å². The SMILES string of the molecule is CC(C)(C)C#CCCC(=O)c1cnnc2ccccc12. The Kier molecular flexibility index (Phi) is 4.14. The molecular formula is C17H18N2O. The van der Waals surface area contributed by atoms with Crippen molar-refractivity contribution in [1.29, 1.82) is 0 Å². The second kappa shape index (κ2) is 5.83. The van der Waals surface area contributed by atoms with Gasteiger partial charge in [-0.25, -0.2) is 0 Å². The second-order valence-electron chi connectivity index (χ2n) is 5.75. The molecule has 0 atom stereocenters. The van der Waals surface area contributed by atoms with Gasteiger partial charge in [0.25, 0.3) is 0 Å². The summed E-state index contributed by atoms with van der Waals surface area (Å²) in [4.78, 5) is 12.2. The van der Waals surface area contributed by atoms with Gasteiger partial charge in [0.15, 0.2) is 5.78 Å². The third-order valence-corrected chi connectivity index (χ3v) is 2.79. The van der Waals surface area contributed by atoms with Crippen LogP contribution in [-0.2, 0) is 0 Å². The third-order valence-electron chi connectivity index (χ3n) is 2.79. The zero-order valence-corrected chi connectivity index (χ0v) is 12.1. The molecule has 0 aliphatic carbocycles. The molecule has 0 aliphatic heterocycles. The molecular weight excluding hydrogens is 248 g/mol. The summed E-state index contributed by atoms with van der Waals surface area (Å²) < 4.78 is 0. The Balaban J connectivity index is 2.14. The average molecular weight is 266 g/mol. The molecule has 0 fully saturated rings. The van der Waals surface area contributed by atoms with E-state index >= 15 is 0 Å². The summed E-state index contributed by atoms with van der Waals surface area (Å²) in [5.41, 5.74) is 1.36. The molecule has 0 N–H and O–H groups in total. The minimum Gasteiger partial charge on any atom is -0.294 e. The molecule has 0 bridgehead atoms. The normalized spacial score (nSPS) is 10.9. The molecule has 0 saturated heterocycles. The highest BCUT2D eigenvalue weighted by Gasteiger charge is 2.10.